The van der Waals surface area contributed by atoms with Gasteiger partial charge in [-0.3, -0.25) is 0 Å². The van der Waals surface area contributed by atoms with Gasteiger partial charge < -0.3 is 0 Å². The molecule has 0 bridgehead atoms. The first-order valence-electron chi connectivity index (χ1n) is 1.94. The van der Waals surface area contributed by atoms with Gasteiger partial charge in [0.05, 0.1) is 0 Å². The first-order valence-corrected chi connectivity index (χ1v) is 2.44. The Labute approximate surface area is 42.4 Å². The van der Waals surface area contributed by atoms with Crippen LogP contribution in [0.4, 0.5) is 0 Å². The lowest BCUT2D eigenvalue weighted by atomic mass is 10.2. The van der Waals surface area contributed by atoms with Crippen LogP contribution in [0, 0.1) is 17.4 Å². The third-order valence-corrected chi connectivity index (χ3v) is 0.505. The monoisotopic (exact) mass is 95.0 g/mol. The SMILES string of the molecule is CC(C)C#C[Si]. The van der Waals surface area contributed by atoms with Gasteiger partial charge in [-0.05, 0) is 0 Å². The van der Waals surface area contributed by atoms with E-state index in [-0.39, 0.29) is 0 Å². The number of hydrogen-bond acceptors (Lipinski definition) is 0. The van der Waals surface area contributed by atoms with Crippen LogP contribution in [-0.4, -0.2) is 10.2 Å². The Morgan fingerprint density at radius 1 is 1.50 bits per heavy atom. The van der Waals surface area contributed by atoms with Crippen LogP contribution in [0.2, 0.25) is 0 Å². The third kappa shape index (κ3) is 3.78. The van der Waals surface area contributed by atoms with E-state index in [4.69, 9.17) is 0 Å². The van der Waals surface area contributed by atoms with Crippen LogP contribution in [0.25, 0.3) is 0 Å². The van der Waals surface area contributed by atoms with Crippen LogP contribution in [0.5, 0.6) is 0 Å². The predicted octanol–water partition coefficient (Wildman–Crippen LogP) is 0.772. The van der Waals surface area contributed by atoms with Crippen molar-refractivity contribution in [3.05, 3.63) is 0 Å². The molecule has 0 atom stereocenters. The van der Waals surface area contributed by atoms with E-state index in [2.05, 4.69) is 21.7 Å². The summed E-state index contributed by atoms with van der Waals surface area (Å²) in [6, 6.07) is 0. The Hall–Kier alpha value is -0.223. The van der Waals surface area contributed by atoms with E-state index in [1.54, 1.807) is 0 Å². The zero-order valence-electron chi connectivity index (χ0n) is 4.08. The molecule has 0 aromatic rings. The molecule has 0 nitrogen and oxygen atoms in total. The van der Waals surface area contributed by atoms with Crippen LogP contribution in [0.1, 0.15) is 13.8 Å². The van der Waals surface area contributed by atoms with Gasteiger partial charge in [0.1, 0.15) is 10.2 Å². The second kappa shape index (κ2) is 2.99. The van der Waals surface area contributed by atoms with Crippen LogP contribution in [-0.2, 0) is 0 Å². The van der Waals surface area contributed by atoms with Crippen LogP contribution < -0.4 is 0 Å². The summed E-state index contributed by atoms with van der Waals surface area (Å²) in [6.45, 7) is 4.10. The zero-order chi connectivity index (χ0) is 4.99. The molecule has 0 spiro atoms. The average Bonchev–Trinajstić information content (AvgIpc) is 1.35. The fourth-order valence-electron chi connectivity index (χ4n) is 0.144. The molecular formula is C5H7Si. The minimum absolute atomic E-state index is 0.488. The Balaban J connectivity index is 3.20. The summed E-state index contributed by atoms with van der Waals surface area (Å²) < 4.78 is 0. The van der Waals surface area contributed by atoms with E-state index in [1.165, 1.54) is 0 Å². The Kier molecular flexibility index (Phi) is 2.88. The maximum absolute atomic E-state index is 3.03. The number of rotatable bonds is 0. The maximum Gasteiger partial charge on any atom is 0.147 e. The molecule has 0 aliphatic carbocycles. The van der Waals surface area contributed by atoms with Crippen molar-refractivity contribution in [3.8, 4) is 11.5 Å². The minimum Gasteiger partial charge on any atom is -0.138 e. The third-order valence-electron chi connectivity index (χ3n) is 0.361. The molecule has 0 amide bonds. The van der Waals surface area contributed by atoms with Gasteiger partial charge in [0.25, 0.3) is 0 Å². The van der Waals surface area contributed by atoms with Crippen molar-refractivity contribution in [1.29, 1.82) is 0 Å². The lowest BCUT2D eigenvalue weighted by molar-refractivity contribution is 0.867. The molecule has 0 aliphatic heterocycles. The molecule has 0 aliphatic rings. The molecule has 0 aromatic carbocycles. The molecule has 0 unspecified atom stereocenters. The van der Waals surface area contributed by atoms with Crippen molar-refractivity contribution < 1.29 is 0 Å². The quantitative estimate of drug-likeness (QED) is 0.308. The molecule has 1 heteroatoms. The van der Waals surface area contributed by atoms with E-state index in [0.717, 1.165) is 0 Å². The molecule has 3 radical (unpaired) electrons. The molecule has 0 heterocycles. The largest absolute Gasteiger partial charge is 0.147 e. The van der Waals surface area contributed by atoms with Crippen molar-refractivity contribution in [1.82, 2.24) is 0 Å². The fraction of sp³-hybridized carbons (Fsp3) is 0.600. The second-order valence-corrected chi connectivity index (χ2v) is 1.67. The highest BCUT2D eigenvalue weighted by Crippen LogP contribution is 1.83. The first kappa shape index (κ1) is 5.78. The van der Waals surface area contributed by atoms with Crippen LogP contribution >= 0.6 is 0 Å². The van der Waals surface area contributed by atoms with Gasteiger partial charge in [0.2, 0.25) is 0 Å². The van der Waals surface area contributed by atoms with Crippen LogP contribution in [0.15, 0.2) is 0 Å². The van der Waals surface area contributed by atoms with Crippen molar-refractivity contribution in [2.24, 2.45) is 5.92 Å². The van der Waals surface area contributed by atoms with Gasteiger partial charge in [-0.15, -0.1) is 11.5 Å². The van der Waals surface area contributed by atoms with Crippen molar-refractivity contribution >= 4 is 10.2 Å². The van der Waals surface area contributed by atoms with Gasteiger partial charge >= 0.3 is 0 Å². The van der Waals surface area contributed by atoms with E-state index < -0.39 is 0 Å². The predicted molar refractivity (Wildman–Crippen MR) is 28.4 cm³/mol. The number of hydrogen-bond donors (Lipinski definition) is 0. The Morgan fingerprint density at radius 3 is 2.00 bits per heavy atom. The van der Waals surface area contributed by atoms with E-state index in [9.17, 15) is 0 Å². The smallest absolute Gasteiger partial charge is 0.138 e. The maximum atomic E-state index is 3.03. The lowest BCUT2D eigenvalue weighted by Crippen LogP contribution is -1.75. The zero-order valence-corrected chi connectivity index (χ0v) is 5.08. The molecule has 0 rings (SSSR count). The van der Waals surface area contributed by atoms with Gasteiger partial charge in [-0.1, -0.05) is 13.8 Å². The minimum atomic E-state index is 0.488. The van der Waals surface area contributed by atoms with Crippen molar-refractivity contribution in [3.63, 3.8) is 0 Å². The highest BCUT2D eigenvalue weighted by Gasteiger charge is 1.75. The van der Waals surface area contributed by atoms with E-state index in [0.29, 0.717) is 5.92 Å². The van der Waals surface area contributed by atoms with E-state index >= 15 is 0 Å². The van der Waals surface area contributed by atoms with Gasteiger partial charge in [0, 0.05) is 5.92 Å². The summed E-state index contributed by atoms with van der Waals surface area (Å²) in [5, 5.41) is 0. The summed E-state index contributed by atoms with van der Waals surface area (Å²) in [5.41, 5.74) is 2.62. The Bertz CT molecular complexity index is 73.7. The molecule has 0 N–H and O–H groups in total. The topological polar surface area (TPSA) is 0 Å². The molecule has 0 aromatic heterocycles. The molecule has 6 heavy (non-hydrogen) atoms. The second-order valence-electron chi connectivity index (χ2n) is 1.42. The Morgan fingerprint density at radius 2 is 2.00 bits per heavy atom. The molecule has 0 saturated carbocycles. The van der Waals surface area contributed by atoms with E-state index in [1.807, 2.05) is 13.8 Å². The normalized spacial score (nSPS) is 7.33. The first-order chi connectivity index (χ1) is 2.77. The molecule has 31 valence electrons. The molecular weight excluding hydrogens is 88.1 g/mol. The molecule has 0 saturated heterocycles. The standard InChI is InChI=1S/C5H7Si/c1-5(2)3-4-6/h5H,1-2H3. The summed E-state index contributed by atoms with van der Waals surface area (Å²) in [4.78, 5) is 0. The highest BCUT2D eigenvalue weighted by atomic mass is 28.1. The lowest BCUT2D eigenvalue weighted by Gasteiger charge is -1.82. The van der Waals surface area contributed by atoms with Gasteiger partial charge in [0.15, 0.2) is 0 Å². The van der Waals surface area contributed by atoms with Crippen LogP contribution in [0.3, 0.4) is 0 Å². The summed E-state index contributed by atoms with van der Waals surface area (Å²) in [7, 11) is 3.03. The highest BCUT2D eigenvalue weighted by molar-refractivity contribution is 6.22. The summed E-state index contributed by atoms with van der Waals surface area (Å²) in [6.07, 6.45) is 0. The fourth-order valence-corrected chi connectivity index (χ4v) is 0.433. The molecule has 0 fully saturated rings. The average molecular weight is 95.2 g/mol. The van der Waals surface area contributed by atoms with Crippen molar-refractivity contribution in [2.75, 3.05) is 0 Å². The van der Waals surface area contributed by atoms with Crippen molar-refractivity contribution in [2.45, 2.75) is 13.8 Å². The van der Waals surface area contributed by atoms with Gasteiger partial charge in [-0.2, -0.15) is 0 Å². The summed E-state index contributed by atoms with van der Waals surface area (Å²) in [5.74, 6) is 3.36. The van der Waals surface area contributed by atoms with Gasteiger partial charge in [-0.25, -0.2) is 0 Å². The summed E-state index contributed by atoms with van der Waals surface area (Å²) >= 11 is 0.